The van der Waals surface area contributed by atoms with Crippen LogP contribution in [0.5, 0.6) is 5.75 Å². The number of hydrogen-bond donors (Lipinski definition) is 1. The van der Waals surface area contributed by atoms with E-state index in [4.69, 9.17) is 4.74 Å². The van der Waals surface area contributed by atoms with Gasteiger partial charge >= 0.3 is 0 Å². The fraction of sp³-hybridized carbons (Fsp3) is 0.333. The van der Waals surface area contributed by atoms with Crippen LogP contribution in [-0.4, -0.2) is 16.1 Å². The van der Waals surface area contributed by atoms with Crippen molar-refractivity contribution in [2.24, 2.45) is 0 Å². The van der Waals surface area contributed by atoms with Crippen LogP contribution in [0, 0.1) is 13.8 Å². The number of ether oxygens (including phenoxy) is 1. The van der Waals surface area contributed by atoms with Crippen LogP contribution in [0.3, 0.4) is 0 Å². The summed E-state index contributed by atoms with van der Waals surface area (Å²) in [6.45, 7) is 8.01. The largest absolute Gasteiger partial charge is 0.491 e. The quantitative estimate of drug-likeness (QED) is 0.908. The summed E-state index contributed by atoms with van der Waals surface area (Å²) in [5.41, 5.74) is 2.99. The topological polar surface area (TPSA) is 47.0 Å². The maximum absolute atomic E-state index is 5.71. The number of hydrogen-bond acceptors (Lipinski definition) is 4. The highest BCUT2D eigenvalue weighted by molar-refractivity contribution is 5.57. The Kier molecular flexibility index (Phi) is 4.00. The molecular weight excluding hydrogens is 238 g/mol. The van der Waals surface area contributed by atoms with Crippen molar-refractivity contribution in [3.05, 3.63) is 41.7 Å². The molecule has 4 nitrogen and oxygen atoms in total. The van der Waals surface area contributed by atoms with E-state index in [1.54, 1.807) is 6.20 Å². The van der Waals surface area contributed by atoms with Crippen molar-refractivity contribution in [1.82, 2.24) is 9.97 Å². The van der Waals surface area contributed by atoms with E-state index >= 15 is 0 Å². The van der Waals surface area contributed by atoms with Gasteiger partial charge in [0.2, 0.25) is 5.95 Å². The van der Waals surface area contributed by atoms with Gasteiger partial charge in [-0.25, -0.2) is 9.97 Å². The van der Waals surface area contributed by atoms with Gasteiger partial charge in [0.05, 0.1) is 6.10 Å². The lowest BCUT2D eigenvalue weighted by atomic mass is 10.2. The molecule has 0 aliphatic rings. The molecule has 0 atom stereocenters. The monoisotopic (exact) mass is 257 g/mol. The van der Waals surface area contributed by atoms with E-state index in [9.17, 15) is 0 Å². The van der Waals surface area contributed by atoms with Gasteiger partial charge in [-0.05, 0) is 57.5 Å². The fourth-order valence-electron chi connectivity index (χ4n) is 1.75. The molecule has 0 spiro atoms. The number of aryl methyl sites for hydroxylation is 2. The summed E-state index contributed by atoms with van der Waals surface area (Å²) in [5, 5.41) is 3.19. The summed E-state index contributed by atoms with van der Waals surface area (Å²) in [6.07, 6.45) is 1.92. The van der Waals surface area contributed by atoms with Crippen LogP contribution in [0.15, 0.2) is 30.5 Å². The van der Waals surface area contributed by atoms with E-state index in [0.717, 1.165) is 22.7 Å². The standard InChI is InChI=1S/C15H19N3O/c1-10(2)19-14-6-5-13(9-11(14)3)18-15-16-8-7-12(4)17-15/h5-10H,1-4H3,(H,16,17,18). The van der Waals surface area contributed by atoms with Gasteiger partial charge in [-0.1, -0.05) is 0 Å². The molecule has 4 heteroatoms. The third-order valence-corrected chi connectivity index (χ3v) is 2.59. The van der Waals surface area contributed by atoms with E-state index < -0.39 is 0 Å². The number of nitrogens with one attached hydrogen (secondary N) is 1. The third-order valence-electron chi connectivity index (χ3n) is 2.59. The minimum absolute atomic E-state index is 0.178. The summed E-state index contributed by atoms with van der Waals surface area (Å²) >= 11 is 0. The minimum atomic E-state index is 0.178. The summed E-state index contributed by atoms with van der Waals surface area (Å²) in [7, 11) is 0. The van der Waals surface area contributed by atoms with Gasteiger partial charge in [0.25, 0.3) is 0 Å². The van der Waals surface area contributed by atoms with E-state index in [2.05, 4.69) is 15.3 Å². The van der Waals surface area contributed by atoms with Crippen LogP contribution >= 0.6 is 0 Å². The normalized spacial score (nSPS) is 10.6. The second kappa shape index (κ2) is 5.69. The highest BCUT2D eigenvalue weighted by Crippen LogP contribution is 2.24. The average molecular weight is 257 g/mol. The number of rotatable bonds is 4. The van der Waals surface area contributed by atoms with Crippen molar-refractivity contribution < 1.29 is 4.74 Å². The second-order valence-corrected chi connectivity index (χ2v) is 4.79. The van der Waals surface area contributed by atoms with E-state index in [-0.39, 0.29) is 6.10 Å². The van der Waals surface area contributed by atoms with Crippen molar-refractivity contribution in [3.8, 4) is 5.75 Å². The van der Waals surface area contributed by atoms with Crippen LogP contribution in [0.4, 0.5) is 11.6 Å². The molecule has 1 N–H and O–H groups in total. The van der Waals surface area contributed by atoms with Gasteiger partial charge in [0.15, 0.2) is 0 Å². The van der Waals surface area contributed by atoms with Gasteiger partial charge in [-0.2, -0.15) is 0 Å². The molecule has 0 saturated carbocycles. The Morgan fingerprint density at radius 2 is 1.95 bits per heavy atom. The molecule has 0 saturated heterocycles. The highest BCUT2D eigenvalue weighted by atomic mass is 16.5. The van der Waals surface area contributed by atoms with E-state index in [1.807, 2.05) is 52.0 Å². The molecular formula is C15H19N3O. The maximum Gasteiger partial charge on any atom is 0.227 e. The summed E-state index contributed by atoms with van der Waals surface area (Å²) in [5.74, 6) is 1.52. The molecule has 0 amide bonds. The Hall–Kier alpha value is -2.10. The van der Waals surface area contributed by atoms with Crippen LogP contribution < -0.4 is 10.1 Å². The predicted octanol–water partition coefficient (Wildman–Crippen LogP) is 3.62. The fourth-order valence-corrected chi connectivity index (χ4v) is 1.75. The highest BCUT2D eigenvalue weighted by Gasteiger charge is 2.04. The zero-order valence-electron chi connectivity index (χ0n) is 11.8. The molecule has 1 aromatic carbocycles. The zero-order valence-corrected chi connectivity index (χ0v) is 11.8. The van der Waals surface area contributed by atoms with Crippen LogP contribution in [0.25, 0.3) is 0 Å². The van der Waals surface area contributed by atoms with Crippen LogP contribution in [0.2, 0.25) is 0 Å². The molecule has 1 heterocycles. The maximum atomic E-state index is 5.71. The van der Waals surface area contributed by atoms with Gasteiger partial charge in [0.1, 0.15) is 5.75 Å². The molecule has 0 aliphatic carbocycles. The molecule has 0 bridgehead atoms. The zero-order chi connectivity index (χ0) is 13.8. The molecule has 100 valence electrons. The molecule has 19 heavy (non-hydrogen) atoms. The number of benzene rings is 1. The smallest absolute Gasteiger partial charge is 0.227 e. The Morgan fingerprint density at radius 3 is 2.58 bits per heavy atom. The van der Waals surface area contributed by atoms with Crippen LogP contribution in [0.1, 0.15) is 25.1 Å². The Labute approximate surface area is 113 Å². The first-order chi connectivity index (χ1) is 9.04. The van der Waals surface area contributed by atoms with Crippen molar-refractivity contribution in [1.29, 1.82) is 0 Å². The van der Waals surface area contributed by atoms with E-state index in [0.29, 0.717) is 5.95 Å². The second-order valence-electron chi connectivity index (χ2n) is 4.79. The Bertz CT molecular complexity index is 567. The first kappa shape index (κ1) is 13.3. The summed E-state index contributed by atoms with van der Waals surface area (Å²) < 4.78 is 5.71. The van der Waals surface area contributed by atoms with Crippen LogP contribution in [-0.2, 0) is 0 Å². The minimum Gasteiger partial charge on any atom is -0.491 e. The molecule has 0 radical (unpaired) electrons. The van der Waals surface area contributed by atoms with Gasteiger partial charge in [-0.15, -0.1) is 0 Å². The Morgan fingerprint density at radius 1 is 1.16 bits per heavy atom. The number of nitrogens with zero attached hydrogens (tertiary/aromatic N) is 2. The molecule has 0 fully saturated rings. The molecule has 0 aliphatic heterocycles. The lowest BCUT2D eigenvalue weighted by Gasteiger charge is -2.13. The van der Waals surface area contributed by atoms with E-state index in [1.165, 1.54) is 0 Å². The van der Waals surface area contributed by atoms with Crippen molar-refractivity contribution >= 4 is 11.6 Å². The molecule has 1 aromatic heterocycles. The summed E-state index contributed by atoms with van der Waals surface area (Å²) in [4.78, 5) is 8.50. The third kappa shape index (κ3) is 3.68. The molecule has 0 unspecified atom stereocenters. The summed E-state index contributed by atoms with van der Waals surface area (Å²) in [6, 6.07) is 7.84. The Balaban J connectivity index is 2.16. The van der Waals surface area contributed by atoms with Crippen molar-refractivity contribution in [2.75, 3.05) is 5.32 Å². The van der Waals surface area contributed by atoms with Gasteiger partial charge < -0.3 is 10.1 Å². The first-order valence-corrected chi connectivity index (χ1v) is 6.38. The predicted molar refractivity (Wildman–Crippen MR) is 77.0 cm³/mol. The number of aromatic nitrogens is 2. The van der Waals surface area contributed by atoms with Crippen molar-refractivity contribution in [3.63, 3.8) is 0 Å². The molecule has 2 rings (SSSR count). The van der Waals surface area contributed by atoms with Gasteiger partial charge in [0, 0.05) is 17.6 Å². The van der Waals surface area contributed by atoms with Gasteiger partial charge in [-0.3, -0.25) is 0 Å². The molecule has 2 aromatic rings. The average Bonchev–Trinajstić information content (AvgIpc) is 2.32. The lowest BCUT2D eigenvalue weighted by molar-refractivity contribution is 0.241. The first-order valence-electron chi connectivity index (χ1n) is 6.38. The number of anilines is 2. The SMILES string of the molecule is Cc1ccnc(Nc2ccc(OC(C)C)c(C)c2)n1. The van der Waals surface area contributed by atoms with Crippen molar-refractivity contribution in [2.45, 2.75) is 33.8 Å². The lowest BCUT2D eigenvalue weighted by Crippen LogP contribution is -2.06.